The number of nitriles is 1. The van der Waals surface area contributed by atoms with Crippen LogP contribution in [0.1, 0.15) is 16.1 Å². The molecule has 0 aliphatic carbocycles. The normalized spacial score (nSPS) is 9.94. The lowest BCUT2D eigenvalue weighted by Gasteiger charge is -2.04. The van der Waals surface area contributed by atoms with Gasteiger partial charge in [-0.1, -0.05) is 27.5 Å². The lowest BCUT2D eigenvalue weighted by atomic mass is 10.1. The Hall–Kier alpha value is -1.57. The Bertz CT molecular complexity index is 628. The molecule has 5 heteroatoms. The first-order valence-corrected chi connectivity index (χ1v) is 5.77. The minimum absolute atomic E-state index is 0.197. The van der Waals surface area contributed by atoms with Crippen molar-refractivity contribution in [2.45, 2.75) is 0 Å². The van der Waals surface area contributed by atoms with Gasteiger partial charge in [0.2, 0.25) is 0 Å². The van der Waals surface area contributed by atoms with Gasteiger partial charge in [0.05, 0.1) is 22.2 Å². The van der Waals surface area contributed by atoms with E-state index in [-0.39, 0.29) is 5.76 Å². The van der Waals surface area contributed by atoms with Crippen molar-refractivity contribution in [2.75, 3.05) is 0 Å². The van der Waals surface area contributed by atoms with Crippen LogP contribution in [0.25, 0.3) is 11.3 Å². The van der Waals surface area contributed by atoms with Gasteiger partial charge in [-0.3, -0.25) is 4.79 Å². The first-order valence-electron chi connectivity index (χ1n) is 4.60. The van der Waals surface area contributed by atoms with E-state index in [1.807, 2.05) is 6.07 Å². The quantitative estimate of drug-likeness (QED) is 0.786. The third kappa shape index (κ3) is 2.26. The van der Waals surface area contributed by atoms with E-state index in [1.54, 1.807) is 18.2 Å². The maximum atomic E-state index is 10.5. The van der Waals surface area contributed by atoms with E-state index < -0.39 is 0 Å². The Labute approximate surface area is 111 Å². The fourth-order valence-electron chi connectivity index (χ4n) is 1.46. The van der Waals surface area contributed by atoms with Crippen molar-refractivity contribution >= 4 is 33.8 Å². The number of carbonyl (C=O) groups is 1. The lowest BCUT2D eigenvalue weighted by Crippen LogP contribution is -1.85. The summed E-state index contributed by atoms with van der Waals surface area (Å²) in [5.41, 5.74) is 0.877. The van der Waals surface area contributed by atoms with E-state index in [0.717, 1.165) is 0 Å². The molecule has 0 amide bonds. The first-order chi connectivity index (χ1) is 8.15. The molecule has 3 nitrogen and oxygen atoms in total. The number of furan rings is 1. The number of aldehydes is 1. The number of carbonyl (C=O) groups excluding carboxylic acids is 1. The molecule has 0 unspecified atom stereocenters. The Kier molecular flexibility index (Phi) is 3.32. The van der Waals surface area contributed by atoms with Crippen molar-refractivity contribution in [3.8, 4) is 17.4 Å². The van der Waals surface area contributed by atoms with Gasteiger partial charge in [-0.15, -0.1) is 0 Å². The number of nitrogens with zero attached hydrogens (tertiary/aromatic N) is 1. The molecular weight excluding hydrogens is 305 g/mol. The molecule has 0 spiro atoms. The Morgan fingerprint density at radius 2 is 2.18 bits per heavy atom. The van der Waals surface area contributed by atoms with Gasteiger partial charge in [0, 0.05) is 4.47 Å². The van der Waals surface area contributed by atoms with Crippen molar-refractivity contribution < 1.29 is 9.21 Å². The van der Waals surface area contributed by atoms with E-state index in [1.165, 1.54) is 6.07 Å². The number of hydrogen-bond acceptors (Lipinski definition) is 3. The second-order valence-electron chi connectivity index (χ2n) is 3.24. The monoisotopic (exact) mass is 309 g/mol. The zero-order valence-corrected chi connectivity index (χ0v) is 10.7. The van der Waals surface area contributed by atoms with Crippen molar-refractivity contribution in [3.63, 3.8) is 0 Å². The third-order valence-electron chi connectivity index (χ3n) is 2.16. The molecule has 2 aromatic rings. The standard InChI is InChI=1S/C12H5BrClNO2/c13-8-3-7(5-15)12(10(14)4-8)11-2-1-9(6-16)17-11/h1-4,6H. The Morgan fingerprint density at radius 1 is 1.41 bits per heavy atom. The maximum Gasteiger partial charge on any atom is 0.185 e. The Balaban J connectivity index is 2.66. The minimum atomic E-state index is 0.197. The second kappa shape index (κ2) is 4.74. The van der Waals surface area contributed by atoms with E-state index in [0.29, 0.717) is 32.7 Å². The minimum Gasteiger partial charge on any atom is -0.453 e. The van der Waals surface area contributed by atoms with Crippen LogP contribution in [0.4, 0.5) is 0 Å². The van der Waals surface area contributed by atoms with E-state index >= 15 is 0 Å². The van der Waals surface area contributed by atoms with Gasteiger partial charge >= 0.3 is 0 Å². The fourth-order valence-corrected chi connectivity index (χ4v) is 2.36. The highest BCUT2D eigenvalue weighted by Crippen LogP contribution is 2.34. The molecule has 0 bridgehead atoms. The van der Waals surface area contributed by atoms with Gasteiger partial charge in [0.15, 0.2) is 12.0 Å². The summed E-state index contributed by atoms with van der Waals surface area (Å²) in [5, 5.41) is 9.44. The predicted molar refractivity (Wildman–Crippen MR) is 67.0 cm³/mol. The zero-order chi connectivity index (χ0) is 12.4. The van der Waals surface area contributed by atoms with Gasteiger partial charge in [-0.2, -0.15) is 5.26 Å². The van der Waals surface area contributed by atoms with Crippen molar-refractivity contribution in [1.29, 1.82) is 5.26 Å². The van der Waals surface area contributed by atoms with Gasteiger partial charge in [0.25, 0.3) is 0 Å². The third-order valence-corrected chi connectivity index (χ3v) is 2.92. The van der Waals surface area contributed by atoms with Crippen molar-refractivity contribution in [3.05, 3.63) is 45.1 Å². The van der Waals surface area contributed by atoms with Gasteiger partial charge < -0.3 is 4.42 Å². The van der Waals surface area contributed by atoms with Crippen LogP contribution in [0, 0.1) is 11.3 Å². The lowest BCUT2D eigenvalue weighted by molar-refractivity contribution is 0.110. The van der Waals surface area contributed by atoms with E-state index in [4.69, 9.17) is 21.3 Å². The van der Waals surface area contributed by atoms with Crippen LogP contribution >= 0.6 is 27.5 Å². The van der Waals surface area contributed by atoms with Crippen LogP contribution in [-0.4, -0.2) is 6.29 Å². The van der Waals surface area contributed by atoms with Gasteiger partial charge in [-0.05, 0) is 24.3 Å². The molecule has 17 heavy (non-hydrogen) atoms. The molecule has 0 N–H and O–H groups in total. The number of halogens is 2. The molecule has 2 rings (SSSR count). The molecule has 0 saturated carbocycles. The highest BCUT2D eigenvalue weighted by atomic mass is 79.9. The molecular formula is C12H5BrClNO2. The number of rotatable bonds is 2. The molecule has 0 aliphatic rings. The molecule has 0 fully saturated rings. The molecule has 0 saturated heterocycles. The average Bonchev–Trinajstić information content (AvgIpc) is 2.76. The van der Waals surface area contributed by atoms with Crippen LogP contribution in [0.15, 0.2) is 33.2 Å². The highest BCUT2D eigenvalue weighted by Gasteiger charge is 2.14. The van der Waals surface area contributed by atoms with Gasteiger partial charge in [-0.25, -0.2) is 0 Å². The maximum absolute atomic E-state index is 10.5. The summed E-state index contributed by atoms with van der Waals surface area (Å²) in [6.45, 7) is 0. The summed E-state index contributed by atoms with van der Waals surface area (Å²) < 4.78 is 5.98. The number of benzene rings is 1. The fraction of sp³-hybridized carbons (Fsp3) is 0. The summed E-state index contributed by atoms with van der Waals surface area (Å²) in [6.07, 6.45) is 0.600. The second-order valence-corrected chi connectivity index (χ2v) is 4.56. The van der Waals surface area contributed by atoms with Crippen molar-refractivity contribution in [2.24, 2.45) is 0 Å². The molecule has 1 aromatic carbocycles. The molecule has 0 atom stereocenters. The van der Waals surface area contributed by atoms with Crippen LogP contribution in [0.3, 0.4) is 0 Å². The first kappa shape index (κ1) is 11.9. The molecule has 0 aliphatic heterocycles. The summed E-state index contributed by atoms with van der Waals surface area (Å²) in [6, 6.07) is 8.49. The SMILES string of the molecule is N#Cc1cc(Br)cc(Cl)c1-c1ccc(C=O)o1. The van der Waals surface area contributed by atoms with Crippen molar-refractivity contribution in [1.82, 2.24) is 0 Å². The average molecular weight is 311 g/mol. The summed E-state index contributed by atoms with van der Waals surface area (Å²) in [5.74, 6) is 0.601. The van der Waals surface area contributed by atoms with Crippen LogP contribution < -0.4 is 0 Å². The highest BCUT2D eigenvalue weighted by molar-refractivity contribution is 9.10. The predicted octanol–water partition coefficient (Wildman–Crippen LogP) is 4.05. The summed E-state index contributed by atoms with van der Waals surface area (Å²) in [7, 11) is 0. The smallest absolute Gasteiger partial charge is 0.185 e. The summed E-state index contributed by atoms with van der Waals surface area (Å²) in [4.78, 5) is 10.5. The molecule has 84 valence electrons. The molecule has 0 radical (unpaired) electrons. The van der Waals surface area contributed by atoms with Gasteiger partial charge in [0.1, 0.15) is 5.76 Å². The van der Waals surface area contributed by atoms with Crippen LogP contribution in [-0.2, 0) is 0 Å². The summed E-state index contributed by atoms with van der Waals surface area (Å²) >= 11 is 9.33. The van der Waals surface area contributed by atoms with Crippen LogP contribution in [0.5, 0.6) is 0 Å². The number of hydrogen-bond donors (Lipinski definition) is 0. The topological polar surface area (TPSA) is 54.0 Å². The zero-order valence-electron chi connectivity index (χ0n) is 8.41. The van der Waals surface area contributed by atoms with E-state index in [2.05, 4.69) is 15.9 Å². The molecule has 1 aromatic heterocycles. The largest absolute Gasteiger partial charge is 0.453 e. The van der Waals surface area contributed by atoms with Crippen LogP contribution in [0.2, 0.25) is 5.02 Å². The molecule has 1 heterocycles. The van der Waals surface area contributed by atoms with E-state index in [9.17, 15) is 4.79 Å². The Morgan fingerprint density at radius 3 is 2.76 bits per heavy atom.